The second kappa shape index (κ2) is 9.81. The van der Waals surface area contributed by atoms with Crippen LogP contribution in [0.15, 0.2) is 52.3 Å². The molecule has 1 amide bonds. The molecule has 2 aromatic rings. The molecule has 0 unspecified atom stereocenters. The van der Waals surface area contributed by atoms with Crippen molar-refractivity contribution in [1.29, 1.82) is 0 Å². The Labute approximate surface area is 170 Å². The van der Waals surface area contributed by atoms with Crippen molar-refractivity contribution in [3.05, 3.63) is 42.5 Å². The van der Waals surface area contributed by atoms with E-state index in [1.54, 1.807) is 17.8 Å². The first-order valence-electron chi connectivity index (χ1n) is 8.53. The Kier molecular flexibility index (Phi) is 7.73. The molecular weight excluding hydrogens is 400 g/mol. The van der Waals surface area contributed by atoms with Crippen LogP contribution >= 0.6 is 11.8 Å². The molecule has 0 atom stereocenters. The molecule has 152 valence electrons. The molecule has 0 radical (unpaired) electrons. The largest absolute Gasteiger partial charge is 0.493 e. The van der Waals surface area contributed by atoms with Gasteiger partial charge in [-0.05, 0) is 30.0 Å². The Morgan fingerprint density at radius 2 is 1.79 bits per heavy atom. The minimum atomic E-state index is -3.87. The fourth-order valence-electron chi connectivity index (χ4n) is 2.49. The van der Waals surface area contributed by atoms with Crippen LogP contribution in [0.2, 0.25) is 0 Å². The summed E-state index contributed by atoms with van der Waals surface area (Å²) in [6.45, 7) is 1.70. The number of nitrogens with one attached hydrogen (secondary N) is 1. The van der Waals surface area contributed by atoms with Gasteiger partial charge >= 0.3 is 0 Å². The van der Waals surface area contributed by atoms with Gasteiger partial charge in [-0.25, -0.2) is 8.42 Å². The maximum Gasteiger partial charge on any atom is 0.243 e. The number of nitrogens with zero attached hydrogens (tertiary/aromatic N) is 1. The van der Waals surface area contributed by atoms with Crippen molar-refractivity contribution in [1.82, 2.24) is 4.31 Å². The molecule has 0 bridgehead atoms. The Morgan fingerprint density at radius 1 is 1.11 bits per heavy atom. The smallest absolute Gasteiger partial charge is 0.243 e. The van der Waals surface area contributed by atoms with E-state index in [0.717, 1.165) is 15.0 Å². The molecule has 7 nitrogen and oxygen atoms in total. The van der Waals surface area contributed by atoms with Gasteiger partial charge in [-0.1, -0.05) is 19.1 Å². The number of anilines is 1. The summed E-state index contributed by atoms with van der Waals surface area (Å²) in [4.78, 5) is 13.4. The molecule has 0 heterocycles. The van der Waals surface area contributed by atoms with Gasteiger partial charge < -0.3 is 14.8 Å². The number of amides is 1. The van der Waals surface area contributed by atoms with E-state index in [-0.39, 0.29) is 11.4 Å². The summed E-state index contributed by atoms with van der Waals surface area (Å²) in [6, 6.07) is 11.7. The Hall–Kier alpha value is -2.23. The number of likely N-dealkylation sites (N-methyl/N-ethyl adjacent to an activating group) is 1. The molecule has 28 heavy (non-hydrogen) atoms. The standard InChI is InChI=1S/C19H24N2O5S2/c1-5-27-18-9-7-6-8-15(18)20-19(22)13-21(2)28(23,24)14-10-11-16(25-3)17(12-14)26-4/h6-12H,5,13H2,1-4H3,(H,20,22). The summed E-state index contributed by atoms with van der Waals surface area (Å²) < 4.78 is 36.9. The third kappa shape index (κ3) is 5.18. The maximum atomic E-state index is 12.8. The van der Waals surface area contributed by atoms with Gasteiger partial charge in [0.05, 0.1) is 31.3 Å². The minimum Gasteiger partial charge on any atom is -0.493 e. The van der Waals surface area contributed by atoms with Crippen LogP contribution in [0.1, 0.15) is 6.92 Å². The Bertz CT molecular complexity index is 932. The first-order chi connectivity index (χ1) is 13.3. The summed E-state index contributed by atoms with van der Waals surface area (Å²) in [5.74, 6) is 1.16. The number of sulfonamides is 1. The van der Waals surface area contributed by atoms with Gasteiger partial charge in [0, 0.05) is 18.0 Å². The number of rotatable bonds is 9. The van der Waals surface area contributed by atoms with Gasteiger partial charge in [-0.15, -0.1) is 11.8 Å². The van der Waals surface area contributed by atoms with Gasteiger partial charge in [0.2, 0.25) is 15.9 Å². The summed E-state index contributed by atoms with van der Waals surface area (Å²) >= 11 is 1.60. The number of ether oxygens (including phenoxy) is 2. The number of hydrogen-bond acceptors (Lipinski definition) is 6. The molecule has 0 aromatic heterocycles. The van der Waals surface area contributed by atoms with Crippen LogP contribution in [0.5, 0.6) is 11.5 Å². The summed E-state index contributed by atoms with van der Waals surface area (Å²) in [7, 11) is 0.384. The molecular formula is C19H24N2O5S2. The van der Waals surface area contributed by atoms with Crippen molar-refractivity contribution in [2.45, 2.75) is 16.7 Å². The first kappa shape index (κ1) is 22.1. The molecule has 0 saturated heterocycles. The number of thioether (sulfide) groups is 1. The van der Waals surface area contributed by atoms with Crippen LogP contribution in [-0.2, 0) is 14.8 Å². The van der Waals surface area contributed by atoms with Gasteiger partial charge in [0.15, 0.2) is 11.5 Å². The van der Waals surface area contributed by atoms with Crippen molar-refractivity contribution in [2.75, 3.05) is 38.9 Å². The van der Waals surface area contributed by atoms with Crippen molar-refractivity contribution >= 4 is 33.4 Å². The average Bonchev–Trinajstić information content (AvgIpc) is 2.68. The fraction of sp³-hybridized carbons (Fsp3) is 0.316. The highest BCUT2D eigenvalue weighted by atomic mass is 32.2. The lowest BCUT2D eigenvalue weighted by atomic mass is 10.3. The molecule has 1 N–H and O–H groups in total. The van der Waals surface area contributed by atoms with E-state index in [2.05, 4.69) is 5.32 Å². The summed E-state index contributed by atoms with van der Waals surface area (Å²) in [6.07, 6.45) is 0. The maximum absolute atomic E-state index is 12.8. The van der Waals surface area contributed by atoms with E-state index in [1.165, 1.54) is 39.5 Å². The molecule has 0 aliphatic rings. The number of benzene rings is 2. The second-order valence-corrected chi connectivity index (χ2v) is 9.11. The highest BCUT2D eigenvalue weighted by Gasteiger charge is 2.24. The molecule has 0 saturated carbocycles. The van der Waals surface area contributed by atoms with Gasteiger partial charge in [0.1, 0.15) is 0 Å². The van der Waals surface area contributed by atoms with E-state index in [4.69, 9.17) is 9.47 Å². The molecule has 2 rings (SSSR count). The third-order valence-corrected chi connectivity index (χ3v) is 6.65. The number of carbonyl (C=O) groups is 1. The predicted octanol–water partition coefficient (Wildman–Crippen LogP) is 3.08. The fourth-order valence-corrected chi connectivity index (χ4v) is 4.39. The quantitative estimate of drug-likeness (QED) is 0.623. The molecule has 0 fully saturated rings. The van der Waals surface area contributed by atoms with E-state index in [9.17, 15) is 13.2 Å². The van der Waals surface area contributed by atoms with Gasteiger partial charge in [0.25, 0.3) is 0 Å². The molecule has 0 aliphatic carbocycles. The lowest BCUT2D eigenvalue weighted by Crippen LogP contribution is -2.35. The van der Waals surface area contributed by atoms with Crippen molar-refractivity contribution < 1.29 is 22.7 Å². The summed E-state index contributed by atoms with van der Waals surface area (Å²) in [5.41, 5.74) is 0.663. The van der Waals surface area contributed by atoms with E-state index in [1.807, 2.05) is 25.1 Å². The second-order valence-electron chi connectivity index (χ2n) is 5.76. The summed E-state index contributed by atoms with van der Waals surface area (Å²) in [5, 5.41) is 2.78. The molecule has 2 aromatic carbocycles. The number of para-hydroxylation sites is 1. The zero-order valence-electron chi connectivity index (χ0n) is 16.3. The molecule has 9 heteroatoms. The predicted molar refractivity (Wildman–Crippen MR) is 111 cm³/mol. The molecule has 0 spiro atoms. The SMILES string of the molecule is CCSc1ccccc1NC(=O)CN(C)S(=O)(=O)c1ccc(OC)c(OC)c1. The van der Waals surface area contributed by atoms with Crippen LogP contribution < -0.4 is 14.8 Å². The Balaban J connectivity index is 2.15. The van der Waals surface area contributed by atoms with Crippen LogP contribution in [0.4, 0.5) is 5.69 Å². The van der Waals surface area contributed by atoms with Crippen molar-refractivity contribution in [3.63, 3.8) is 0 Å². The topological polar surface area (TPSA) is 84.9 Å². The monoisotopic (exact) mass is 424 g/mol. The highest BCUT2D eigenvalue weighted by Crippen LogP contribution is 2.30. The van der Waals surface area contributed by atoms with E-state index in [0.29, 0.717) is 17.2 Å². The number of carbonyl (C=O) groups excluding carboxylic acids is 1. The van der Waals surface area contributed by atoms with Crippen LogP contribution in [0, 0.1) is 0 Å². The van der Waals surface area contributed by atoms with Crippen LogP contribution in [0.3, 0.4) is 0 Å². The zero-order chi connectivity index (χ0) is 20.7. The normalized spacial score (nSPS) is 11.3. The minimum absolute atomic E-state index is 0.0161. The van der Waals surface area contributed by atoms with Crippen LogP contribution in [-0.4, -0.2) is 52.2 Å². The van der Waals surface area contributed by atoms with Gasteiger partial charge in [-0.2, -0.15) is 4.31 Å². The van der Waals surface area contributed by atoms with Crippen LogP contribution in [0.25, 0.3) is 0 Å². The van der Waals surface area contributed by atoms with E-state index < -0.39 is 15.9 Å². The zero-order valence-corrected chi connectivity index (χ0v) is 17.9. The number of methoxy groups -OCH3 is 2. The highest BCUT2D eigenvalue weighted by molar-refractivity contribution is 7.99. The third-order valence-electron chi connectivity index (χ3n) is 3.89. The van der Waals surface area contributed by atoms with Crippen molar-refractivity contribution in [2.24, 2.45) is 0 Å². The number of hydrogen-bond donors (Lipinski definition) is 1. The lowest BCUT2D eigenvalue weighted by Gasteiger charge is -2.18. The average molecular weight is 425 g/mol. The van der Waals surface area contributed by atoms with E-state index >= 15 is 0 Å². The van der Waals surface area contributed by atoms with Gasteiger partial charge in [-0.3, -0.25) is 4.79 Å². The molecule has 0 aliphatic heterocycles. The Morgan fingerprint density at radius 3 is 2.43 bits per heavy atom. The van der Waals surface area contributed by atoms with Crippen molar-refractivity contribution in [3.8, 4) is 11.5 Å². The lowest BCUT2D eigenvalue weighted by molar-refractivity contribution is -0.116. The first-order valence-corrected chi connectivity index (χ1v) is 11.0.